The maximum Gasteiger partial charge on any atom is 0.328 e. The largest absolute Gasteiger partial charge is 0.480 e. The topological polar surface area (TPSA) is 113 Å². The Morgan fingerprint density at radius 3 is 2.31 bits per heavy atom. The maximum absolute atomic E-state index is 11.7. The van der Waals surface area contributed by atoms with Crippen LogP contribution >= 0.6 is 0 Å². The number of hydrogen-bond acceptors (Lipinski definition) is 4. The van der Waals surface area contributed by atoms with Crippen LogP contribution in [0.25, 0.3) is 0 Å². The predicted octanol–water partition coefficient (Wildman–Crippen LogP) is -0.934. The number of hydrogen-bond donors (Lipinski definition) is 4. The number of aliphatic hydroxyl groups is 1. The van der Waals surface area contributed by atoms with E-state index in [-0.39, 0.29) is 17.9 Å². The van der Waals surface area contributed by atoms with Crippen LogP contribution in [0.15, 0.2) is 0 Å². The Hall–Kier alpha value is -1.14. The Labute approximate surface area is 93.8 Å². The highest BCUT2D eigenvalue weighted by Gasteiger charge is 2.27. The lowest BCUT2D eigenvalue weighted by molar-refractivity contribution is -0.143. The number of nitrogens with two attached hydrogens (primary N) is 1. The van der Waals surface area contributed by atoms with Gasteiger partial charge < -0.3 is 21.3 Å². The first-order valence-electron chi connectivity index (χ1n) is 5.44. The Kier molecular flexibility index (Phi) is 4.70. The van der Waals surface area contributed by atoms with Gasteiger partial charge in [-0.1, -0.05) is 0 Å². The second-order valence-electron chi connectivity index (χ2n) is 4.19. The number of aliphatic hydroxyl groups excluding tert-OH is 1. The van der Waals surface area contributed by atoms with Gasteiger partial charge in [0.25, 0.3) is 0 Å². The van der Waals surface area contributed by atoms with E-state index >= 15 is 0 Å². The zero-order chi connectivity index (χ0) is 12.1. The molecule has 1 aliphatic rings. The summed E-state index contributed by atoms with van der Waals surface area (Å²) >= 11 is 0. The summed E-state index contributed by atoms with van der Waals surface area (Å²) < 4.78 is 0. The van der Waals surface area contributed by atoms with Crippen LogP contribution in [-0.4, -0.2) is 40.8 Å². The zero-order valence-corrected chi connectivity index (χ0v) is 9.06. The van der Waals surface area contributed by atoms with Gasteiger partial charge in [0.05, 0.1) is 6.61 Å². The van der Waals surface area contributed by atoms with Gasteiger partial charge in [0, 0.05) is 12.0 Å². The monoisotopic (exact) mass is 230 g/mol. The minimum atomic E-state index is -1.22. The Morgan fingerprint density at radius 2 is 1.88 bits per heavy atom. The highest BCUT2D eigenvalue weighted by atomic mass is 16.4. The lowest BCUT2D eigenvalue weighted by atomic mass is 9.86. The highest BCUT2D eigenvalue weighted by molar-refractivity contribution is 5.85. The number of amides is 1. The summed E-state index contributed by atoms with van der Waals surface area (Å²) in [7, 11) is 0. The van der Waals surface area contributed by atoms with Crippen LogP contribution in [0, 0.1) is 5.92 Å². The van der Waals surface area contributed by atoms with Gasteiger partial charge in [0.1, 0.15) is 6.04 Å². The zero-order valence-electron chi connectivity index (χ0n) is 9.06. The number of carbonyl (C=O) groups is 2. The molecule has 0 heterocycles. The predicted molar refractivity (Wildman–Crippen MR) is 56.6 cm³/mol. The number of carboxylic acids is 1. The van der Waals surface area contributed by atoms with Crippen molar-refractivity contribution in [3.8, 4) is 0 Å². The van der Waals surface area contributed by atoms with Crippen LogP contribution in [0.4, 0.5) is 0 Å². The van der Waals surface area contributed by atoms with E-state index in [1.165, 1.54) is 0 Å². The molecule has 1 amide bonds. The molecular formula is C10H18N2O4. The lowest BCUT2D eigenvalue weighted by Crippen LogP contribution is -2.46. The van der Waals surface area contributed by atoms with Crippen LogP contribution in [0.5, 0.6) is 0 Å². The molecule has 0 aromatic heterocycles. The number of carbonyl (C=O) groups excluding carboxylic acids is 1. The molecule has 0 bridgehead atoms. The molecule has 1 atom stereocenters. The SMILES string of the molecule is NC1CCC(C(=O)N[C@@H](CO)C(=O)O)CC1. The Morgan fingerprint density at radius 1 is 1.31 bits per heavy atom. The minimum Gasteiger partial charge on any atom is -0.480 e. The molecule has 0 spiro atoms. The molecule has 1 aliphatic carbocycles. The first-order chi connectivity index (χ1) is 7.54. The third-order valence-electron chi connectivity index (χ3n) is 2.94. The van der Waals surface area contributed by atoms with Gasteiger partial charge in [0.2, 0.25) is 5.91 Å². The van der Waals surface area contributed by atoms with Crippen LogP contribution in [0.3, 0.4) is 0 Å². The fourth-order valence-corrected chi connectivity index (χ4v) is 1.86. The van der Waals surface area contributed by atoms with Crippen molar-refractivity contribution >= 4 is 11.9 Å². The van der Waals surface area contributed by atoms with Gasteiger partial charge in [0.15, 0.2) is 0 Å². The number of carboxylic acid groups (broad SMARTS) is 1. The molecule has 5 N–H and O–H groups in total. The van der Waals surface area contributed by atoms with Crippen molar-refractivity contribution in [3.05, 3.63) is 0 Å². The molecule has 1 rings (SSSR count). The average Bonchev–Trinajstić information content (AvgIpc) is 2.26. The molecule has 6 heteroatoms. The second kappa shape index (κ2) is 5.81. The Bertz CT molecular complexity index is 262. The summed E-state index contributed by atoms with van der Waals surface area (Å²) in [5.74, 6) is -1.69. The normalized spacial score (nSPS) is 27.1. The number of nitrogens with one attached hydrogen (secondary N) is 1. The molecule has 16 heavy (non-hydrogen) atoms. The van der Waals surface area contributed by atoms with Crippen molar-refractivity contribution in [1.82, 2.24) is 5.32 Å². The molecule has 0 saturated heterocycles. The second-order valence-corrected chi connectivity index (χ2v) is 4.19. The maximum atomic E-state index is 11.7. The van der Waals surface area contributed by atoms with E-state index in [4.69, 9.17) is 15.9 Å². The summed E-state index contributed by atoms with van der Waals surface area (Å²) in [6, 6.07) is -1.06. The van der Waals surface area contributed by atoms with Crippen LogP contribution in [0.1, 0.15) is 25.7 Å². The average molecular weight is 230 g/mol. The highest BCUT2D eigenvalue weighted by Crippen LogP contribution is 2.23. The number of aliphatic carboxylic acids is 1. The van der Waals surface area contributed by atoms with E-state index in [1.807, 2.05) is 0 Å². The van der Waals surface area contributed by atoms with Crippen LogP contribution in [-0.2, 0) is 9.59 Å². The van der Waals surface area contributed by atoms with E-state index in [2.05, 4.69) is 5.32 Å². The third kappa shape index (κ3) is 3.46. The van der Waals surface area contributed by atoms with Crippen LogP contribution < -0.4 is 11.1 Å². The molecule has 92 valence electrons. The number of rotatable bonds is 4. The summed E-state index contributed by atoms with van der Waals surface area (Å²) in [6.07, 6.45) is 2.94. The van der Waals surface area contributed by atoms with Crippen molar-refractivity contribution < 1.29 is 19.8 Å². The molecule has 1 fully saturated rings. The fourth-order valence-electron chi connectivity index (χ4n) is 1.86. The first-order valence-corrected chi connectivity index (χ1v) is 5.44. The van der Waals surface area contributed by atoms with Gasteiger partial charge in [-0.15, -0.1) is 0 Å². The molecule has 1 saturated carbocycles. The van der Waals surface area contributed by atoms with Crippen molar-refractivity contribution in [3.63, 3.8) is 0 Å². The minimum absolute atomic E-state index is 0.150. The van der Waals surface area contributed by atoms with Gasteiger partial charge in [-0.05, 0) is 25.7 Å². The van der Waals surface area contributed by atoms with Crippen molar-refractivity contribution in [1.29, 1.82) is 0 Å². The summed E-state index contributed by atoms with van der Waals surface area (Å²) in [6.45, 7) is -0.590. The molecule has 0 radical (unpaired) electrons. The molecule has 0 aromatic carbocycles. The first kappa shape index (κ1) is 12.9. The Balaban J connectivity index is 2.42. The summed E-state index contributed by atoms with van der Waals surface area (Å²) in [5, 5.41) is 19.8. The van der Waals surface area contributed by atoms with Crippen LogP contribution in [0.2, 0.25) is 0 Å². The molecule has 0 unspecified atom stereocenters. The quantitative estimate of drug-likeness (QED) is 0.498. The van der Waals surface area contributed by atoms with Gasteiger partial charge in [-0.3, -0.25) is 4.79 Å². The molecule has 0 aliphatic heterocycles. The van der Waals surface area contributed by atoms with Gasteiger partial charge in [-0.25, -0.2) is 4.79 Å². The molecular weight excluding hydrogens is 212 g/mol. The van der Waals surface area contributed by atoms with Gasteiger partial charge >= 0.3 is 5.97 Å². The van der Waals surface area contributed by atoms with E-state index in [1.54, 1.807) is 0 Å². The van der Waals surface area contributed by atoms with Crippen molar-refractivity contribution in [2.45, 2.75) is 37.8 Å². The smallest absolute Gasteiger partial charge is 0.328 e. The molecule has 6 nitrogen and oxygen atoms in total. The molecule has 0 aromatic rings. The third-order valence-corrected chi connectivity index (χ3v) is 2.94. The van der Waals surface area contributed by atoms with E-state index in [9.17, 15) is 9.59 Å². The standard InChI is InChI=1S/C10H18N2O4/c11-7-3-1-6(2-4-7)9(14)12-8(5-13)10(15)16/h6-8,13H,1-5,11H2,(H,12,14)(H,15,16)/t6?,7?,8-/m0/s1. The summed E-state index contributed by atoms with van der Waals surface area (Å²) in [4.78, 5) is 22.3. The van der Waals surface area contributed by atoms with Gasteiger partial charge in [-0.2, -0.15) is 0 Å². The van der Waals surface area contributed by atoms with E-state index in [0.29, 0.717) is 12.8 Å². The lowest BCUT2D eigenvalue weighted by Gasteiger charge is -2.26. The van der Waals surface area contributed by atoms with Crippen molar-refractivity contribution in [2.24, 2.45) is 11.7 Å². The fraction of sp³-hybridized carbons (Fsp3) is 0.800. The van der Waals surface area contributed by atoms with E-state index in [0.717, 1.165) is 12.8 Å². The van der Waals surface area contributed by atoms with E-state index < -0.39 is 18.6 Å². The summed E-state index contributed by atoms with van der Waals surface area (Å²) in [5.41, 5.74) is 5.71. The van der Waals surface area contributed by atoms with Crippen molar-refractivity contribution in [2.75, 3.05) is 6.61 Å².